The van der Waals surface area contributed by atoms with Crippen LogP contribution >= 0.6 is 0 Å². The molecule has 1 N–H and O–H groups in total. The molecule has 18 heavy (non-hydrogen) atoms. The molecule has 1 aliphatic rings. The van der Waals surface area contributed by atoms with Crippen molar-refractivity contribution in [2.45, 2.75) is 58.0 Å². The molecular formula is C15H28N2O. The number of aliphatic imine (C=N–C) groups is 1. The van der Waals surface area contributed by atoms with E-state index in [0.717, 1.165) is 19.5 Å². The summed E-state index contributed by atoms with van der Waals surface area (Å²) in [6.45, 7) is 4.12. The summed E-state index contributed by atoms with van der Waals surface area (Å²) in [4.78, 5) is 6.71. The number of unbranched alkanes of at least 4 members (excludes halogenated alkanes) is 4. The van der Waals surface area contributed by atoms with E-state index in [1.807, 2.05) is 6.21 Å². The fourth-order valence-electron chi connectivity index (χ4n) is 2.26. The van der Waals surface area contributed by atoms with Crippen LogP contribution < -0.4 is 0 Å². The van der Waals surface area contributed by atoms with Gasteiger partial charge in [-0.3, -0.25) is 9.89 Å². The number of hydrogen-bond acceptors (Lipinski definition) is 3. The minimum Gasteiger partial charge on any atom is -0.395 e. The Bertz CT molecular complexity index is 251. The Balaban J connectivity index is 2.00. The normalized spacial score (nSPS) is 20.2. The van der Waals surface area contributed by atoms with Crippen LogP contribution in [0.25, 0.3) is 0 Å². The molecular weight excluding hydrogens is 224 g/mol. The number of rotatable bonds is 10. The quantitative estimate of drug-likeness (QED) is 0.479. The van der Waals surface area contributed by atoms with Crippen LogP contribution in [0.5, 0.6) is 0 Å². The third-order valence-electron chi connectivity index (χ3n) is 3.38. The minimum absolute atomic E-state index is 0.236. The van der Waals surface area contributed by atoms with E-state index in [-0.39, 0.29) is 6.61 Å². The Labute approximate surface area is 112 Å². The van der Waals surface area contributed by atoms with E-state index in [2.05, 4.69) is 29.0 Å². The number of aliphatic hydroxyl groups excluding tert-OH is 1. The molecule has 0 saturated heterocycles. The van der Waals surface area contributed by atoms with Crippen molar-refractivity contribution in [3.8, 4) is 0 Å². The Hall–Kier alpha value is -0.670. The Morgan fingerprint density at radius 3 is 2.78 bits per heavy atom. The number of β-amino-alcohol motifs (C(OH)–C–C–N with tert-alkyl or cyclic N) is 1. The van der Waals surface area contributed by atoms with E-state index in [1.165, 1.54) is 38.5 Å². The van der Waals surface area contributed by atoms with Crippen LogP contribution in [0, 0.1) is 0 Å². The lowest BCUT2D eigenvalue weighted by Crippen LogP contribution is -2.32. The van der Waals surface area contributed by atoms with Gasteiger partial charge in [0.2, 0.25) is 0 Å². The van der Waals surface area contributed by atoms with Gasteiger partial charge in [0.05, 0.1) is 6.61 Å². The van der Waals surface area contributed by atoms with E-state index in [4.69, 9.17) is 5.11 Å². The predicted octanol–water partition coefficient (Wildman–Crippen LogP) is 3.00. The molecule has 1 atom stereocenters. The van der Waals surface area contributed by atoms with Gasteiger partial charge in [-0.1, -0.05) is 31.9 Å². The molecule has 0 fully saturated rings. The molecule has 0 aromatic rings. The molecule has 3 heteroatoms. The summed E-state index contributed by atoms with van der Waals surface area (Å²) < 4.78 is 0. The van der Waals surface area contributed by atoms with Gasteiger partial charge in [-0.05, 0) is 32.1 Å². The highest BCUT2D eigenvalue weighted by atomic mass is 16.3. The lowest BCUT2D eigenvalue weighted by molar-refractivity contribution is 0.176. The standard InChI is InChI=1S/C15H28N2O/c1-2-3-4-5-6-7-8-9-10-15-16-11-12-17(15)13-14-18/h5-6,11,15,18H,2-4,7-10,12-14H2,1H3/b6-5+. The molecule has 0 amide bonds. The SMILES string of the molecule is CCCC/C=C/CCCCC1N=CCN1CCO. The third-order valence-corrected chi connectivity index (χ3v) is 3.38. The van der Waals surface area contributed by atoms with Crippen LogP contribution in [0.15, 0.2) is 17.1 Å². The third kappa shape index (κ3) is 6.31. The van der Waals surface area contributed by atoms with Gasteiger partial charge in [0.15, 0.2) is 0 Å². The summed E-state index contributed by atoms with van der Waals surface area (Å²) in [5.74, 6) is 0. The van der Waals surface area contributed by atoms with Crippen molar-refractivity contribution in [1.29, 1.82) is 0 Å². The first-order chi connectivity index (χ1) is 8.88. The molecule has 0 bridgehead atoms. The zero-order valence-corrected chi connectivity index (χ0v) is 11.7. The number of hydrogen-bond donors (Lipinski definition) is 1. The fourth-order valence-corrected chi connectivity index (χ4v) is 2.26. The van der Waals surface area contributed by atoms with Gasteiger partial charge in [0.25, 0.3) is 0 Å². The fraction of sp³-hybridized carbons (Fsp3) is 0.800. The molecule has 1 aliphatic heterocycles. The summed E-state index contributed by atoms with van der Waals surface area (Å²) in [7, 11) is 0. The molecule has 104 valence electrons. The van der Waals surface area contributed by atoms with Crippen LogP contribution in [0.4, 0.5) is 0 Å². The van der Waals surface area contributed by atoms with Crippen molar-refractivity contribution in [2.75, 3.05) is 19.7 Å². The molecule has 0 saturated carbocycles. The Kier molecular flexibility index (Phi) is 8.78. The van der Waals surface area contributed by atoms with E-state index >= 15 is 0 Å². The summed E-state index contributed by atoms with van der Waals surface area (Å²) in [5.41, 5.74) is 0. The topological polar surface area (TPSA) is 35.8 Å². The van der Waals surface area contributed by atoms with E-state index < -0.39 is 0 Å². The smallest absolute Gasteiger partial charge is 0.102 e. The molecule has 1 rings (SSSR count). The highest BCUT2D eigenvalue weighted by molar-refractivity contribution is 5.62. The lowest BCUT2D eigenvalue weighted by atomic mass is 10.1. The van der Waals surface area contributed by atoms with Crippen molar-refractivity contribution in [2.24, 2.45) is 4.99 Å². The largest absolute Gasteiger partial charge is 0.395 e. The van der Waals surface area contributed by atoms with Crippen molar-refractivity contribution < 1.29 is 5.11 Å². The molecule has 0 aromatic carbocycles. The molecule has 0 aliphatic carbocycles. The molecule has 0 radical (unpaired) electrons. The van der Waals surface area contributed by atoms with Crippen LogP contribution in [0.1, 0.15) is 51.9 Å². The van der Waals surface area contributed by atoms with Gasteiger partial charge in [0, 0.05) is 19.3 Å². The second-order valence-corrected chi connectivity index (χ2v) is 4.93. The van der Waals surface area contributed by atoms with Crippen molar-refractivity contribution in [3.63, 3.8) is 0 Å². The van der Waals surface area contributed by atoms with Gasteiger partial charge < -0.3 is 5.11 Å². The molecule has 1 unspecified atom stereocenters. The molecule has 0 aromatic heterocycles. The number of aliphatic hydroxyl groups is 1. The van der Waals surface area contributed by atoms with Crippen LogP contribution in [0.3, 0.4) is 0 Å². The maximum Gasteiger partial charge on any atom is 0.102 e. The highest BCUT2D eigenvalue weighted by Gasteiger charge is 2.19. The minimum atomic E-state index is 0.236. The predicted molar refractivity (Wildman–Crippen MR) is 78.1 cm³/mol. The van der Waals surface area contributed by atoms with Gasteiger partial charge in [0.1, 0.15) is 6.17 Å². The lowest BCUT2D eigenvalue weighted by Gasteiger charge is -2.21. The summed E-state index contributed by atoms with van der Waals surface area (Å²) in [6.07, 6.45) is 15.5. The second-order valence-electron chi connectivity index (χ2n) is 4.93. The van der Waals surface area contributed by atoms with Gasteiger partial charge in [-0.15, -0.1) is 0 Å². The first-order valence-electron chi connectivity index (χ1n) is 7.40. The Morgan fingerprint density at radius 1 is 1.28 bits per heavy atom. The van der Waals surface area contributed by atoms with E-state index in [1.54, 1.807) is 0 Å². The zero-order chi connectivity index (χ0) is 13.1. The highest BCUT2D eigenvalue weighted by Crippen LogP contribution is 2.14. The van der Waals surface area contributed by atoms with Crippen LogP contribution in [0.2, 0.25) is 0 Å². The van der Waals surface area contributed by atoms with Crippen molar-refractivity contribution in [3.05, 3.63) is 12.2 Å². The summed E-state index contributed by atoms with van der Waals surface area (Å²) in [5, 5.41) is 8.95. The van der Waals surface area contributed by atoms with Crippen molar-refractivity contribution >= 4 is 6.21 Å². The number of allylic oxidation sites excluding steroid dienone is 2. The van der Waals surface area contributed by atoms with Crippen LogP contribution in [-0.4, -0.2) is 42.1 Å². The first-order valence-corrected chi connectivity index (χ1v) is 7.40. The monoisotopic (exact) mass is 252 g/mol. The Morgan fingerprint density at radius 2 is 2.06 bits per heavy atom. The first kappa shape index (κ1) is 15.4. The number of nitrogens with zero attached hydrogens (tertiary/aromatic N) is 2. The van der Waals surface area contributed by atoms with Crippen LogP contribution in [-0.2, 0) is 0 Å². The summed E-state index contributed by atoms with van der Waals surface area (Å²) in [6, 6.07) is 0. The van der Waals surface area contributed by atoms with Gasteiger partial charge >= 0.3 is 0 Å². The molecule has 3 nitrogen and oxygen atoms in total. The zero-order valence-electron chi connectivity index (χ0n) is 11.7. The van der Waals surface area contributed by atoms with Crippen molar-refractivity contribution in [1.82, 2.24) is 4.90 Å². The maximum absolute atomic E-state index is 8.95. The average molecular weight is 252 g/mol. The van der Waals surface area contributed by atoms with E-state index in [9.17, 15) is 0 Å². The average Bonchev–Trinajstić information content (AvgIpc) is 2.81. The van der Waals surface area contributed by atoms with Gasteiger partial charge in [-0.2, -0.15) is 0 Å². The maximum atomic E-state index is 8.95. The van der Waals surface area contributed by atoms with E-state index in [0.29, 0.717) is 6.17 Å². The molecule has 0 spiro atoms. The van der Waals surface area contributed by atoms with Gasteiger partial charge in [-0.25, -0.2) is 0 Å². The summed E-state index contributed by atoms with van der Waals surface area (Å²) >= 11 is 0. The second kappa shape index (κ2) is 10.3. The molecule has 1 heterocycles.